The van der Waals surface area contributed by atoms with E-state index < -0.39 is 17.6 Å². The highest BCUT2D eigenvalue weighted by molar-refractivity contribution is 7.98. The predicted octanol–water partition coefficient (Wildman–Crippen LogP) is 3.48. The molecule has 21 heavy (non-hydrogen) atoms. The Morgan fingerprint density at radius 1 is 1.38 bits per heavy atom. The number of halogens is 3. The van der Waals surface area contributed by atoms with E-state index in [4.69, 9.17) is 0 Å². The monoisotopic (exact) mass is 320 g/mol. The van der Waals surface area contributed by atoms with Crippen LogP contribution < -0.4 is 10.6 Å². The SMILES string of the molecule is CNc1c(C(=O)NCC(C)CSC)cccc1C(F)(F)F. The zero-order valence-electron chi connectivity index (χ0n) is 12.2. The second-order valence-corrected chi connectivity index (χ2v) is 5.66. The molecule has 1 rings (SSSR count). The van der Waals surface area contributed by atoms with Gasteiger partial charge in [0.1, 0.15) is 0 Å². The van der Waals surface area contributed by atoms with E-state index in [0.717, 1.165) is 11.8 Å². The van der Waals surface area contributed by atoms with E-state index in [0.29, 0.717) is 6.54 Å². The van der Waals surface area contributed by atoms with Gasteiger partial charge in [-0.05, 0) is 30.1 Å². The van der Waals surface area contributed by atoms with E-state index in [9.17, 15) is 18.0 Å². The van der Waals surface area contributed by atoms with Crippen LogP contribution in [0.3, 0.4) is 0 Å². The Balaban J connectivity index is 2.95. The highest BCUT2D eigenvalue weighted by Crippen LogP contribution is 2.36. The summed E-state index contributed by atoms with van der Waals surface area (Å²) in [5.41, 5.74) is -1.03. The lowest BCUT2D eigenvalue weighted by Crippen LogP contribution is -2.30. The molecule has 0 aliphatic heterocycles. The molecule has 7 heteroatoms. The summed E-state index contributed by atoms with van der Waals surface area (Å²) in [5.74, 6) is 0.632. The molecular weight excluding hydrogens is 301 g/mol. The summed E-state index contributed by atoms with van der Waals surface area (Å²) in [5, 5.41) is 5.16. The van der Waals surface area contributed by atoms with Crippen molar-refractivity contribution in [1.82, 2.24) is 5.32 Å². The number of alkyl halides is 3. The van der Waals surface area contributed by atoms with Gasteiger partial charge in [0.25, 0.3) is 5.91 Å². The Morgan fingerprint density at radius 2 is 2.05 bits per heavy atom. The molecule has 0 aliphatic rings. The second kappa shape index (κ2) is 7.59. The van der Waals surface area contributed by atoms with Crippen LogP contribution in [0, 0.1) is 5.92 Å². The van der Waals surface area contributed by atoms with Crippen LogP contribution in [0.2, 0.25) is 0 Å². The number of rotatable bonds is 6. The summed E-state index contributed by atoms with van der Waals surface area (Å²) in [6.45, 7) is 2.40. The summed E-state index contributed by atoms with van der Waals surface area (Å²) in [7, 11) is 1.37. The Labute approximate surface area is 126 Å². The third-order valence-electron chi connectivity index (χ3n) is 2.93. The van der Waals surface area contributed by atoms with Gasteiger partial charge in [-0.15, -0.1) is 0 Å². The lowest BCUT2D eigenvalue weighted by molar-refractivity contribution is -0.136. The molecule has 1 aromatic rings. The third kappa shape index (κ3) is 4.84. The van der Waals surface area contributed by atoms with Crippen molar-refractivity contribution in [2.75, 3.05) is 30.9 Å². The molecule has 3 nitrogen and oxygen atoms in total. The Hall–Kier alpha value is -1.37. The number of benzene rings is 1. The van der Waals surface area contributed by atoms with Gasteiger partial charge in [-0.2, -0.15) is 24.9 Å². The van der Waals surface area contributed by atoms with Gasteiger partial charge in [0.05, 0.1) is 16.8 Å². The smallest absolute Gasteiger partial charge is 0.387 e. The van der Waals surface area contributed by atoms with Crippen molar-refractivity contribution in [1.29, 1.82) is 0 Å². The van der Waals surface area contributed by atoms with Gasteiger partial charge in [-0.1, -0.05) is 13.0 Å². The van der Waals surface area contributed by atoms with Gasteiger partial charge in [0.2, 0.25) is 0 Å². The van der Waals surface area contributed by atoms with Crippen LogP contribution >= 0.6 is 11.8 Å². The predicted molar refractivity (Wildman–Crippen MR) is 80.9 cm³/mol. The molecule has 0 aromatic heterocycles. The van der Waals surface area contributed by atoms with Crippen molar-refractivity contribution in [2.45, 2.75) is 13.1 Å². The summed E-state index contributed by atoms with van der Waals surface area (Å²) >= 11 is 1.66. The fourth-order valence-corrected chi connectivity index (χ4v) is 2.64. The van der Waals surface area contributed by atoms with Crippen LogP contribution in [-0.2, 0) is 6.18 Å². The molecule has 0 spiro atoms. The molecule has 2 N–H and O–H groups in total. The average Bonchev–Trinajstić information content (AvgIpc) is 2.43. The number of para-hydroxylation sites is 1. The number of carbonyl (C=O) groups excluding carboxylic acids is 1. The molecule has 0 saturated heterocycles. The molecule has 0 heterocycles. The van der Waals surface area contributed by atoms with Crippen molar-refractivity contribution in [3.05, 3.63) is 29.3 Å². The molecule has 1 amide bonds. The molecule has 0 radical (unpaired) electrons. The third-order valence-corrected chi connectivity index (χ3v) is 3.83. The summed E-state index contributed by atoms with van der Waals surface area (Å²) in [6.07, 6.45) is -2.54. The van der Waals surface area contributed by atoms with Crippen molar-refractivity contribution < 1.29 is 18.0 Å². The maximum atomic E-state index is 12.9. The Bertz CT molecular complexity index is 492. The largest absolute Gasteiger partial charge is 0.418 e. The van der Waals surface area contributed by atoms with Crippen molar-refractivity contribution in [2.24, 2.45) is 5.92 Å². The number of hydrogen-bond acceptors (Lipinski definition) is 3. The van der Waals surface area contributed by atoms with Gasteiger partial charge >= 0.3 is 6.18 Å². The van der Waals surface area contributed by atoms with Crippen LogP contribution in [0.25, 0.3) is 0 Å². The Kier molecular flexibility index (Phi) is 6.39. The van der Waals surface area contributed by atoms with E-state index in [-0.39, 0.29) is 17.2 Å². The number of thioether (sulfide) groups is 1. The van der Waals surface area contributed by atoms with E-state index in [2.05, 4.69) is 10.6 Å². The van der Waals surface area contributed by atoms with Gasteiger partial charge in [0, 0.05) is 13.6 Å². The van der Waals surface area contributed by atoms with Crippen LogP contribution in [0.5, 0.6) is 0 Å². The summed E-state index contributed by atoms with van der Waals surface area (Å²) < 4.78 is 38.8. The Morgan fingerprint density at radius 3 is 2.57 bits per heavy atom. The standard InChI is InChI=1S/C14H19F3N2OS/c1-9(8-21-3)7-19-13(20)10-5-4-6-11(12(10)18-2)14(15,16)17/h4-6,9,18H,7-8H2,1-3H3,(H,19,20). The van der Waals surface area contributed by atoms with Crippen LogP contribution in [0.1, 0.15) is 22.8 Å². The number of hydrogen-bond donors (Lipinski definition) is 2. The van der Waals surface area contributed by atoms with Crippen LogP contribution in [0.4, 0.5) is 18.9 Å². The normalized spacial score (nSPS) is 12.9. The van der Waals surface area contributed by atoms with Crippen molar-refractivity contribution in [3.8, 4) is 0 Å². The minimum absolute atomic E-state index is 0.00340. The first-order chi connectivity index (χ1) is 9.81. The molecule has 1 atom stereocenters. The van der Waals surface area contributed by atoms with Crippen LogP contribution in [-0.4, -0.2) is 31.5 Å². The zero-order chi connectivity index (χ0) is 16.0. The second-order valence-electron chi connectivity index (χ2n) is 4.75. The zero-order valence-corrected chi connectivity index (χ0v) is 13.0. The molecule has 0 fully saturated rings. The summed E-state index contributed by atoms with van der Waals surface area (Å²) in [4.78, 5) is 12.1. The molecular formula is C14H19F3N2OS. The molecule has 1 unspecified atom stereocenters. The fourth-order valence-electron chi connectivity index (χ4n) is 1.95. The minimum atomic E-state index is -4.50. The fraction of sp³-hybridized carbons (Fsp3) is 0.500. The maximum absolute atomic E-state index is 12.9. The van der Waals surface area contributed by atoms with E-state index in [1.54, 1.807) is 11.8 Å². The van der Waals surface area contributed by atoms with E-state index >= 15 is 0 Å². The number of carbonyl (C=O) groups is 1. The highest BCUT2D eigenvalue weighted by atomic mass is 32.2. The molecule has 0 saturated carbocycles. The van der Waals surface area contributed by atoms with E-state index in [1.165, 1.54) is 19.2 Å². The lowest BCUT2D eigenvalue weighted by Gasteiger charge is -2.17. The van der Waals surface area contributed by atoms with Gasteiger partial charge in [-0.3, -0.25) is 4.79 Å². The lowest BCUT2D eigenvalue weighted by atomic mass is 10.1. The number of anilines is 1. The van der Waals surface area contributed by atoms with Gasteiger partial charge in [0.15, 0.2) is 0 Å². The first kappa shape index (κ1) is 17.7. The van der Waals surface area contributed by atoms with Crippen LogP contribution in [0.15, 0.2) is 18.2 Å². The first-order valence-electron chi connectivity index (χ1n) is 6.46. The first-order valence-corrected chi connectivity index (χ1v) is 7.85. The molecule has 0 aliphatic carbocycles. The van der Waals surface area contributed by atoms with Gasteiger partial charge < -0.3 is 10.6 Å². The van der Waals surface area contributed by atoms with Crippen molar-refractivity contribution >= 4 is 23.4 Å². The van der Waals surface area contributed by atoms with Crippen molar-refractivity contribution in [3.63, 3.8) is 0 Å². The number of nitrogens with one attached hydrogen (secondary N) is 2. The molecule has 0 bridgehead atoms. The van der Waals surface area contributed by atoms with Gasteiger partial charge in [-0.25, -0.2) is 0 Å². The van der Waals surface area contributed by atoms with E-state index in [1.807, 2.05) is 13.2 Å². The minimum Gasteiger partial charge on any atom is -0.387 e. The quantitative estimate of drug-likeness (QED) is 0.843. The average molecular weight is 320 g/mol. The topological polar surface area (TPSA) is 41.1 Å². The highest BCUT2D eigenvalue weighted by Gasteiger charge is 2.34. The summed E-state index contributed by atoms with van der Waals surface area (Å²) in [6, 6.07) is 3.58. The molecule has 1 aromatic carbocycles. The maximum Gasteiger partial charge on any atom is 0.418 e. The molecule has 118 valence electrons. The number of amides is 1.